The maximum Gasteiger partial charge on any atom is 0.339 e. The predicted molar refractivity (Wildman–Crippen MR) is 114 cm³/mol. The van der Waals surface area contributed by atoms with Gasteiger partial charge in [0.05, 0.1) is 38.8 Å². The van der Waals surface area contributed by atoms with Gasteiger partial charge in [0.1, 0.15) is 5.82 Å². The minimum absolute atomic E-state index is 0.0156. The second-order valence-corrected chi connectivity index (χ2v) is 7.65. The molecule has 3 aromatic rings. The molecule has 0 saturated carbocycles. The lowest BCUT2D eigenvalue weighted by atomic mass is 10.1. The third-order valence-corrected chi connectivity index (χ3v) is 5.58. The zero-order valence-electron chi connectivity index (χ0n) is 15.9. The van der Waals surface area contributed by atoms with Gasteiger partial charge in [-0.1, -0.05) is 23.7 Å². The predicted octanol–water partition coefficient (Wildman–Crippen LogP) is 5.14. The standard InChI is InChI=1S/C21H16ClFN2O4S/c1-11-9-17(25-19(26)13-8-7-12(23)10-15(13)22)30-18(11)20(27)24-16-6-4-3-5-14(16)21(28)29-2/h3-10H,1-2H3,(H,24,27)(H,25,26). The number of carbonyl (C=O) groups excluding carboxylic acids is 3. The first-order valence-corrected chi connectivity index (χ1v) is 9.85. The van der Waals surface area contributed by atoms with Gasteiger partial charge >= 0.3 is 5.97 Å². The molecule has 2 amide bonds. The Hall–Kier alpha value is -3.23. The van der Waals surface area contributed by atoms with E-state index < -0.39 is 23.6 Å². The molecule has 2 N–H and O–H groups in total. The Morgan fingerprint density at radius 3 is 2.43 bits per heavy atom. The van der Waals surface area contributed by atoms with Gasteiger partial charge in [-0.25, -0.2) is 9.18 Å². The molecule has 0 fully saturated rings. The highest BCUT2D eigenvalue weighted by molar-refractivity contribution is 7.18. The van der Waals surface area contributed by atoms with Crippen molar-refractivity contribution in [2.75, 3.05) is 17.7 Å². The lowest BCUT2D eigenvalue weighted by molar-refractivity contribution is 0.0601. The molecule has 3 rings (SSSR count). The van der Waals surface area contributed by atoms with Gasteiger partial charge < -0.3 is 15.4 Å². The molecule has 154 valence electrons. The van der Waals surface area contributed by atoms with E-state index in [9.17, 15) is 18.8 Å². The molecule has 1 aromatic heterocycles. The molecule has 30 heavy (non-hydrogen) atoms. The van der Waals surface area contributed by atoms with Crippen LogP contribution in [0.4, 0.5) is 15.1 Å². The van der Waals surface area contributed by atoms with Crippen molar-refractivity contribution in [3.05, 3.63) is 80.9 Å². The van der Waals surface area contributed by atoms with Crippen LogP contribution in [-0.2, 0) is 4.74 Å². The summed E-state index contributed by atoms with van der Waals surface area (Å²) in [5.41, 5.74) is 1.28. The molecule has 1 heterocycles. The van der Waals surface area contributed by atoms with Crippen LogP contribution in [0.25, 0.3) is 0 Å². The van der Waals surface area contributed by atoms with Gasteiger partial charge in [0.2, 0.25) is 0 Å². The van der Waals surface area contributed by atoms with E-state index in [-0.39, 0.29) is 16.1 Å². The highest BCUT2D eigenvalue weighted by Crippen LogP contribution is 2.29. The van der Waals surface area contributed by atoms with Crippen molar-refractivity contribution >= 4 is 51.4 Å². The summed E-state index contributed by atoms with van der Waals surface area (Å²) in [5, 5.41) is 5.75. The van der Waals surface area contributed by atoms with E-state index in [0.29, 0.717) is 21.1 Å². The Morgan fingerprint density at radius 2 is 1.73 bits per heavy atom. The van der Waals surface area contributed by atoms with E-state index in [2.05, 4.69) is 10.6 Å². The van der Waals surface area contributed by atoms with Crippen LogP contribution in [0.3, 0.4) is 0 Å². The van der Waals surface area contributed by atoms with Gasteiger partial charge in [-0.2, -0.15) is 0 Å². The number of benzene rings is 2. The Kier molecular flexibility index (Phi) is 6.49. The van der Waals surface area contributed by atoms with Gasteiger partial charge in [0.15, 0.2) is 0 Å². The Morgan fingerprint density at radius 1 is 1.00 bits per heavy atom. The van der Waals surface area contributed by atoms with Crippen molar-refractivity contribution in [3.8, 4) is 0 Å². The van der Waals surface area contributed by atoms with Crippen LogP contribution < -0.4 is 10.6 Å². The zero-order chi connectivity index (χ0) is 21.8. The molecule has 0 aliphatic heterocycles. The number of ether oxygens (including phenoxy) is 1. The number of hydrogen-bond donors (Lipinski definition) is 2. The van der Waals surface area contributed by atoms with Gasteiger partial charge in [-0.05, 0) is 48.9 Å². The summed E-state index contributed by atoms with van der Waals surface area (Å²) in [6, 6.07) is 11.6. The van der Waals surface area contributed by atoms with Crippen molar-refractivity contribution < 1.29 is 23.5 Å². The summed E-state index contributed by atoms with van der Waals surface area (Å²) in [4.78, 5) is 37.4. The monoisotopic (exact) mass is 446 g/mol. The molecule has 2 aromatic carbocycles. The highest BCUT2D eigenvalue weighted by atomic mass is 35.5. The van der Waals surface area contributed by atoms with Crippen molar-refractivity contribution in [3.63, 3.8) is 0 Å². The molecule has 0 aliphatic carbocycles. The smallest absolute Gasteiger partial charge is 0.339 e. The average Bonchev–Trinajstić information content (AvgIpc) is 3.07. The van der Waals surface area contributed by atoms with E-state index in [1.54, 1.807) is 37.3 Å². The number of esters is 1. The average molecular weight is 447 g/mol. The van der Waals surface area contributed by atoms with Gasteiger partial charge in [-0.3, -0.25) is 9.59 Å². The Balaban J connectivity index is 1.79. The number of halogens is 2. The Bertz CT molecular complexity index is 1150. The summed E-state index contributed by atoms with van der Waals surface area (Å²) in [6.07, 6.45) is 0. The van der Waals surface area contributed by atoms with Gasteiger partial charge in [-0.15, -0.1) is 11.3 Å². The molecular weight excluding hydrogens is 431 g/mol. The number of para-hydroxylation sites is 1. The van der Waals surface area contributed by atoms with Crippen molar-refractivity contribution in [1.29, 1.82) is 0 Å². The number of rotatable bonds is 5. The molecule has 0 radical (unpaired) electrons. The second kappa shape index (κ2) is 9.06. The van der Waals surface area contributed by atoms with Crippen molar-refractivity contribution in [2.24, 2.45) is 0 Å². The van der Waals surface area contributed by atoms with Crippen LogP contribution in [0.2, 0.25) is 5.02 Å². The number of aryl methyl sites for hydroxylation is 1. The molecule has 0 spiro atoms. The van der Waals surface area contributed by atoms with Crippen molar-refractivity contribution in [1.82, 2.24) is 0 Å². The fraction of sp³-hybridized carbons (Fsp3) is 0.0952. The highest BCUT2D eigenvalue weighted by Gasteiger charge is 2.19. The first-order chi connectivity index (χ1) is 14.3. The van der Waals surface area contributed by atoms with Crippen molar-refractivity contribution in [2.45, 2.75) is 6.92 Å². The molecule has 0 aliphatic rings. The fourth-order valence-electron chi connectivity index (χ4n) is 2.68. The van der Waals surface area contributed by atoms with Crippen LogP contribution in [-0.4, -0.2) is 24.9 Å². The number of methoxy groups -OCH3 is 1. The molecule has 0 bridgehead atoms. The summed E-state index contributed by atoms with van der Waals surface area (Å²) in [7, 11) is 1.26. The van der Waals surface area contributed by atoms with E-state index in [1.165, 1.54) is 13.2 Å². The number of anilines is 2. The number of thiophene rings is 1. The van der Waals surface area contributed by atoms with Crippen LogP contribution in [0.15, 0.2) is 48.5 Å². The molecule has 9 heteroatoms. The summed E-state index contributed by atoms with van der Waals surface area (Å²) < 4.78 is 17.9. The quantitative estimate of drug-likeness (QED) is 0.531. The summed E-state index contributed by atoms with van der Waals surface area (Å²) in [5.74, 6) is -2.08. The third-order valence-electron chi connectivity index (χ3n) is 4.12. The first kappa shape index (κ1) is 21.5. The Labute approximate surface area is 180 Å². The van der Waals surface area contributed by atoms with Crippen LogP contribution in [0.5, 0.6) is 0 Å². The van der Waals surface area contributed by atoms with E-state index in [1.807, 2.05) is 0 Å². The molecule has 0 atom stereocenters. The lowest BCUT2D eigenvalue weighted by Crippen LogP contribution is -2.15. The summed E-state index contributed by atoms with van der Waals surface area (Å²) >= 11 is 6.98. The SMILES string of the molecule is COC(=O)c1ccccc1NC(=O)c1sc(NC(=O)c2ccc(F)cc2Cl)cc1C. The lowest BCUT2D eigenvalue weighted by Gasteiger charge is -2.09. The van der Waals surface area contributed by atoms with E-state index in [0.717, 1.165) is 23.5 Å². The first-order valence-electron chi connectivity index (χ1n) is 8.65. The van der Waals surface area contributed by atoms with E-state index in [4.69, 9.17) is 16.3 Å². The van der Waals surface area contributed by atoms with E-state index >= 15 is 0 Å². The fourth-order valence-corrected chi connectivity index (χ4v) is 3.90. The largest absolute Gasteiger partial charge is 0.465 e. The number of hydrogen-bond acceptors (Lipinski definition) is 5. The van der Waals surface area contributed by atoms with Gasteiger partial charge in [0.25, 0.3) is 11.8 Å². The topological polar surface area (TPSA) is 84.5 Å². The van der Waals surface area contributed by atoms with Crippen LogP contribution >= 0.6 is 22.9 Å². The minimum Gasteiger partial charge on any atom is -0.465 e. The molecule has 6 nitrogen and oxygen atoms in total. The third kappa shape index (κ3) is 4.67. The number of carbonyl (C=O) groups is 3. The zero-order valence-corrected chi connectivity index (χ0v) is 17.5. The molecular formula is C21H16ClFN2O4S. The van der Waals surface area contributed by atoms with Gasteiger partial charge in [0, 0.05) is 0 Å². The maximum absolute atomic E-state index is 13.2. The minimum atomic E-state index is -0.571. The van der Waals surface area contributed by atoms with Crippen LogP contribution in [0.1, 0.15) is 36.0 Å². The molecule has 0 unspecified atom stereocenters. The second-order valence-electron chi connectivity index (χ2n) is 6.19. The van der Waals surface area contributed by atoms with Crippen LogP contribution in [0, 0.1) is 12.7 Å². The number of nitrogens with one attached hydrogen (secondary N) is 2. The normalized spacial score (nSPS) is 10.4. The number of amides is 2. The summed E-state index contributed by atoms with van der Waals surface area (Å²) in [6.45, 7) is 1.72. The molecule has 0 saturated heterocycles. The maximum atomic E-state index is 13.2.